The normalized spacial score (nSPS) is 0. The standard InChI is InChI=1S/2Ni.3O.2Tb/q;;3*-2;2*+3. The van der Waals surface area contributed by atoms with Crippen molar-refractivity contribution in [2.75, 3.05) is 0 Å². The van der Waals surface area contributed by atoms with Crippen LogP contribution in [0.25, 0.3) is 0 Å². The molecule has 56 valence electrons. The molecule has 0 amide bonds. The second-order valence-electron chi connectivity index (χ2n) is 0. The van der Waals surface area contributed by atoms with E-state index in [1.54, 1.807) is 0 Å². The summed E-state index contributed by atoms with van der Waals surface area (Å²) >= 11 is 0. The van der Waals surface area contributed by atoms with Crippen LogP contribution in [0, 0.1) is 77.2 Å². The Bertz CT molecular complexity index is 10.9. The molecule has 0 N–H and O–H groups in total. The fourth-order valence-corrected chi connectivity index (χ4v) is 0. The van der Waals surface area contributed by atoms with Gasteiger partial charge in [0, 0.05) is 33.0 Å². The predicted octanol–water partition coefficient (Wildman–Crippen LogP) is -0.361. The van der Waals surface area contributed by atoms with Crippen LogP contribution in [-0.4, -0.2) is 0 Å². The maximum atomic E-state index is 0. The molecule has 0 fully saturated rings. The van der Waals surface area contributed by atoms with E-state index in [4.69, 9.17) is 0 Å². The third-order valence-corrected chi connectivity index (χ3v) is 0. The van der Waals surface area contributed by atoms with E-state index >= 15 is 0 Å². The number of hydrogen-bond donors (Lipinski definition) is 0. The molecule has 0 aliphatic rings. The van der Waals surface area contributed by atoms with Crippen LogP contribution in [0.2, 0.25) is 0 Å². The second-order valence-corrected chi connectivity index (χ2v) is 0. The monoisotopic (exact) mass is 482 g/mol. The summed E-state index contributed by atoms with van der Waals surface area (Å²) < 4.78 is 0. The molecule has 0 aromatic rings. The van der Waals surface area contributed by atoms with E-state index in [0.29, 0.717) is 0 Å². The molecule has 0 spiro atoms. The molecule has 0 aliphatic carbocycles. The third-order valence-electron chi connectivity index (χ3n) is 0. The van der Waals surface area contributed by atoms with Crippen molar-refractivity contribution in [3.05, 3.63) is 0 Å². The minimum atomic E-state index is 0. The summed E-state index contributed by atoms with van der Waals surface area (Å²) in [6.45, 7) is 0. The summed E-state index contributed by atoms with van der Waals surface area (Å²) in [6, 6.07) is 0. The van der Waals surface area contributed by atoms with Crippen molar-refractivity contribution in [1.29, 1.82) is 0 Å². The maximum absolute atomic E-state index is 0. The molecule has 0 aliphatic heterocycles. The molecule has 3 nitrogen and oxygen atoms in total. The summed E-state index contributed by atoms with van der Waals surface area (Å²) in [4.78, 5) is 0. The number of rotatable bonds is 0. The van der Waals surface area contributed by atoms with Crippen molar-refractivity contribution in [3.63, 3.8) is 0 Å². The van der Waals surface area contributed by atoms with Crippen molar-refractivity contribution in [2.24, 2.45) is 0 Å². The van der Waals surface area contributed by atoms with Gasteiger partial charge in [0.05, 0.1) is 0 Å². The molecule has 0 aromatic carbocycles. The average Bonchev–Trinajstić information content (AvgIpc) is 0. The summed E-state index contributed by atoms with van der Waals surface area (Å²) in [5.41, 5.74) is 0. The van der Waals surface area contributed by atoms with Crippen molar-refractivity contribution in [3.8, 4) is 0 Å². The molecule has 0 unspecified atom stereocenters. The van der Waals surface area contributed by atoms with Crippen molar-refractivity contribution in [1.82, 2.24) is 0 Å². The van der Waals surface area contributed by atoms with E-state index in [1.807, 2.05) is 0 Å². The van der Waals surface area contributed by atoms with Crippen LogP contribution in [0.3, 0.4) is 0 Å². The quantitative estimate of drug-likeness (QED) is 0.422. The van der Waals surface area contributed by atoms with E-state index < -0.39 is 0 Å². The number of hydrogen-bond acceptors (Lipinski definition) is 0. The van der Waals surface area contributed by atoms with Gasteiger partial charge in [0.1, 0.15) is 0 Å². The van der Waals surface area contributed by atoms with Crippen LogP contribution < -0.4 is 0 Å². The summed E-state index contributed by atoms with van der Waals surface area (Å²) in [5.74, 6) is 0. The van der Waals surface area contributed by atoms with Gasteiger partial charge in [-0.25, -0.2) is 0 Å². The topological polar surface area (TPSA) is 85.5 Å². The molecule has 0 rings (SSSR count). The Kier molecular flexibility index (Phi) is 639. The Morgan fingerprint density at radius 2 is 0.429 bits per heavy atom. The van der Waals surface area contributed by atoms with Gasteiger partial charge in [-0.05, 0) is 0 Å². The smallest absolute Gasteiger partial charge is 2.00 e. The van der Waals surface area contributed by atoms with Gasteiger partial charge in [-0.2, -0.15) is 0 Å². The Morgan fingerprint density at radius 3 is 0.429 bits per heavy atom. The van der Waals surface area contributed by atoms with Crippen LogP contribution in [0.1, 0.15) is 0 Å². The summed E-state index contributed by atoms with van der Waals surface area (Å²) in [6.07, 6.45) is 0. The van der Waals surface area contributed by atoms with Gasteiger partial charge in [-0.3, -0.25) is 0 Å². The molecule has 0 bridgehead atoms. The van der Waals surface area contributed by atoms with Gasteiger partial charge < -0.3 is 16.4 Å². The molecule has 7 heavy (non-hydrogen) atoms. The van der Waals surface area contributed by atoms with Gasteiger partial charge in [-0.15, -0.1) is 0 Å². The zero-order valence-corrected chi connectivity index (χ0v) is 8.78. The molecule has 0 aromatic heterocycles. The van der Waals surface area contributed by atoms with Crippen LogP contribution in [0.15, 0.2) is 0 Å². The molecule has 0 saturated heterocycles. The molecule has 0 radical (unpaired) electrons. The van der Waals surface area contributed by atoms with Crippen LogP contribution in [-0.2, 0) is 49.4 Å². The molecular formula is Ni2O3Tb2. The first kappa shape index (κ1) is 78.7. The first-order chi connectivity index (χ1) is 0. The van der Waals surface area contributed by atoms with Gasteiger partial charge in [-0.1, -0.05) is 0 Å². The van der Waals surface area contributed by atoms with Gasteiger partial charge in [0.2, 0.25) is 0 Å². The SMILES string of the molecule is [Ni].[Ni].[O-2].[O-2].[O-2].[Tb+3].[Tb+3]. The Morgan fingerprint density at radius 1 is 0.429 bits per heavy atom. The predicted molar refractivity (Wildman–Crippen MR) is 2.06 cm³/mol. The van der Waals surface area contributed by atoms with Crippen molar-refractivity contribution in [2.45, 2.75) is 0 Å². The van der Waals surface area contributed by atoms with Gasteiger partial charge >= 0.3 is 77.2 Å². The van der Waals surface area contributed by atoms with Gasteiger partial charge in [0.15, 0.2) is 0 Å². The largest absolute Gasteiger partial charge is 3.00 e. The molecule has 0 saturated carbocycles. The Hall–Kier alpha value is 3.44. The summed E-state index contributed by atoms with van der Waals surface area (Å²) in [5, 5.41) is 0. The van der Waals surface area contributed by atoms with Crippen LogP contribution in [0.5, 0.6) is 0 Å². The van der Waals surface area contributed by atoms with Crippen molar-refractivity contribution < 1.29 is 127 Å². The molecular weight excluding hydrogens is 483 g/mol. The molecule has 0 heterocycles. The minimum absolute atomic E-state index is 0. The van der Waals surface area contributed by atoms with Crippen molar-refractivity contribution >= 4 is 0 Å². The first-order valence-electron chi connectivity index (χ1n) is 0. The summed E-state index contributed by atoms with van der Waals surface area (Å²) in [7, 11) is 0. The first-order valence-corrected chi connectivity index (χ1v) is 0. The Balaban J connectivity index is 0. The van der Waals surface area contributed by atoms with Crippen LogP contribution in [0.4, 0.5) is 0 Å². The maximum Gasteiger partial charge on any atom is 3.00 e. The van der Waals surface area contributed by atoms with E-state index in [0.717, 1.165) is 0 Å². The van der Waals surface area contributed by atoms with E-state index in [9.17, 15) is 0 Å². The van der Waals surface area contributed by atoms with E-state index in [2.05, 4.69) is 0 Å². The Labute approximate surface area is 124 Å². The van der Waals surface area contributed by atoms with E-state index in [-0.39, 0.29) is 127 Å². The minimum Gasteiger partial charge on any atom is -2.00 e. The van der Waals surface area contributed by atoms with E-state index in [1.165, 1.54) is 0 Å². The second kappa shape index (κ2) is 56.8. The van der Waals surface area contributed by atoms with Crippen LogP contribution >= 0.6 is 0 Å². The molecule has 0 atom stereocenters. The van der Waals surface area contributed by atoms with Gasteiger partial charge in [0.25, 0.3) is 0 Å². The zero-order valence-electron chi connectivity index (χ0n) is 2.52. The average molecular weight is 483 g/mol. The fourth-order valence-electron chi connectivity index (χ4n) is 0. The molecule has 7 heteroatoms. The zero-order chi connectivity index (χ0) is 0. The third kappa shape index (κ3) is 44.2. The fraction of sp³-hybridized carbons (Fsp3) is 0.